The van der Waals surface area contributed by atoms with E-state index in [9.17, 15) is 9.90 Å². The molecule has 3 aromatic rings. The average Bonchev–Trinajstić information content (AvgIpc) is 2.81. The van der Waals surface area contributed by atoms with Gasteiger partial charge >= 0.3 is 0 Å². The van der Waals surface area contributed by atoms with Gasteiger partial charge in [0.15, 0.2) is 0 Å². The van der Waals surface area contributed by atoms with E-state index < -0.39 is 5.91 Å². The highest BCUT2D eigenvalue weighted by atomic mass is 32.1. The zero-order chi connectivity index (χ0) is 13.4. The SMILES string of the molecule is NC(=O)c1ccccc1-c1nc2ccc(O)cc2s1. The van der Waals surface area contributed by atoms with Crippen LogP contribution in [0.15, 0.2) is 42.5 Å². The topological polar surface area (TPSA) is 76.2 Å². The first-order valence-corrected chi connectivity index (χ1v) is 6.45. The molecular formula is C14H10N2O2S. The lowest BCUT2D eigenvalue weighted by atomic mass is 10.1. The van der Waals surface area contributed by atoms with Crippen LogP contribution in [0.5, 0.6) is 5.75 Å². The quantitative estimate of drug-likeness (QED) is 0.751. The molecule has 0 unspecified atom stereocenters. The van der Waals surface area contributed by atoms with Crippen LogP contribution in [-0.4, -0.2) is 16.0 Å². The predicted molar refractivity (Wildman–Crippen MR) is 75.2 cm³/mol. The third-order valence-corrected chi connectivity index (χ3v) is 3.85. The molecule has 0 atom stereocenters. The zero-order valence-electron chi connectivity index (χ0n) is 9.83. The zero-order valence-corrected chi connectivity index (χ0v) is 10.6. The van der Waals surface area contributed by atoms with Gasteiger partial charge in [-0.25, -0.2) is 4.98 Å². The number of carbonyl (C=O) groups excluding carboxylic acids is 1. The number of primary amides is 1. The number of carbonyl (C=O) groups is 1. The van der Waals surface area contributed by atoms with Gasteiger partial charge in [-0.15, -0.1) is 11.3 Å². The Morgan fingerprint density at radius 3 is 2.79 bits per heavy atom. The summed E-state index contributed by atoms with van der Waals surface area (Å²) < 4.78 is 0.870. The fraction of sp³-hybridized carbons (Fsp3) is 0. The van der Waals surface area contributed by atoms with Gasteiger partial charge in [-0.05, 0) is 24.3 Å². The Hall–Kier alpha value is -2.40. The van der Waals surface area contributed by atoms with Gasteiger partial charge in [0.1, 0.15) is 10.8 Å². The van der Waals surface area contributed by atoms with Crippen molar-refractivity contribution in [3.63, 3.8) is 0 Å². The Kier molecular flexibility index (Phi) is 2.68. The fourth-order valence-corrected chi connectivity index (χ4v) is 2.95. The number of phenolic OH excluding ortho intramolecular Hbond substituents is 1. The number of rotatable bonds is 2. The molecule has 0 radical (unpaired) electrons. The van der Waals surface area contributed by atoms with Crippen LogP contribution in [0.4, 0.5) is 0 Å². The van der Waals surface area contributed by atoms with Crippen molar-refractivity contribution in [2.45, 2.75) is 0 Å². The fourth-order valence-electron chi connectivity index (χ4n) is 1.91. The number of thiazole rings is 1. The van der Waals surface area contributed by atoms with Crippen molar-refractivity contribution in [3.8, 4) is 16.3 Å². The number of benzene rings is 2. The smallest absolute Gasteiger partial charge is 0.249 e. The molecule has 1 heterocycles. The van der Waals surface area contributed by atoms with Crippen molar-refractivity contribution in [2.75, 3.05) is 0 Å². The van der Waals surface area contributed by atoms with Gasteiger partial charge in [0, 0.05) is 11.1 Å². The third-order valence-electron chi connectivity index (χ3n) is 2.79. The molecule has 0 aliphatic rings. The second-order valence-electron chi connectivity index (χ2n) is 4.08. The molecule has 3 rings (SSSR count). The van der Waals surface area contributed by atoms with Crippen LogP contribution in [0.25, 0.3) is 20.8 Å². The average molecular weight is 270 g/mol. The van der Waals surface area contributed by atoms with Gasteiger partial charge in [-0.3, -0.25) is 4.79 Å². The summed E-state index contributed by atoms with van der Waals surface area (Å²) in [4.78, 5) is 15.9. The molecule has 0 spiro atoms. The molecule has 94 valence electrons. The molecule has 0 aliphatic carbocycles. The van der Waals surface area contributed by atoms with E-state index in [2.05, 4.69) is 4.98 Å². The molecule has 0 aliphatic heterocycles. The molecule has 3 N–H and O–H groups in total. The number of amides is 1. The summed E-state index contributed by atoms with van der Waals surface area (Å²) in [6.45, 7) is 0. The number of hydrogen-bond acceptors (Lipinski definition) is 4. The Morgan fingerprint density at radius 1 is 1.21 bits per heavy atom. The van der Waals surface area contributed by atoms with Crippen LogP contribution in [0.2, 0.25) is 0 Å². The third kappa shape index (κ3) is 2.04. The van der Waals surface area contributed by atoms with Gasteiger partial charge in [0.2, 0.25) is 5.91 Å². The molecule has 4 nitrogen and oxygen atoms in total. The largest absolute Gasteiger partial charge is 0.508 e. The van der Waals surface area contributed by atoms with E-state index in [0.717, 1.165) is 20.8 Å². The maximum atomic E-state index is 11.4. The summed E-state index contributed by atoms with van der Waals surface area (Å²) in [5.41, 5.74) is 7.33. The minimum Gasteiger partial charge on any atom is -0.508 e. The first-order valence-electron chi connectivity index (χ1n) is 5.64. The second-order valence-corrected chi connectivity index (χ2v) is 5.11. The Bertz CT molecular complexity index is 780. The van der Waals surface area contributed by atoms with Crippen molar-refractivity contribution in [1.82, 2.24) is 4.98 Å². The van der Waals surface area contributed by atoms with Gasteiger partial charge in [0.25, 0.3) is 0 Å². The lowest BCUT2D eigenvalue weighted by Crippen LogP contribution is -2.12. The van der Waals surface area contributed by atoms with Crippen molar-refractivity contribution in [1.29, 1.82) is 0 Å². The molecule has 1 amide bonds. The van der Waals surface area contributed by atoms with Crippen molar-refractivity contribution in [3.05, 3.63) is 48.0 Å². The summed E-state index contributed by atoms with van der Waals surface area (Å²) in [6.07, 6.45) is 0. The van der Waals surface area contributed by atoms with Crippen LogP contribution in [0.1, 0.15) is 10.4 Å². The van der Waals surface area contributed by atoms with Gasteiger partial charge in [-0.2, -0.15) is 0 Å². The first kappa shape index (κ1) is 11.7. The molecule has 2 aromatic carbocycles. The normalized spacial score (nSPS) is 10.7. The predicted octanol–water partition coefficient (Wildman–Crippen LogP) is 2.77. The Balaban J connectivity index is 2.22. The molecule has 0 saturated carbocycles. The monoisotopic (exact) mass is 270 g/mol. The summed E-state index contributed by atoms with van der Waals surface area (Å²) >= 11 is 1.42. The van der Waals surface area contributed by atoms with E-state index in [1.165, 1.54) is 11.3 Å². The Morgan fingerprint density at radius 2 is 2.00 bits per heavy atom. The molecule has 5 heteroatoms. The maximum Gasteiger partial charge on any atom is 0.249 e. The van der Waals surface area contributed by atoms with Crippen LogP contribution in [-0.2, 0) is 0 Å². The van der Waals surface area contributed by atoms with Crippen LogP contribution in [0.3, 0.4) is 0 Å². The minimum atomic E-state index is -0.474. The summed E-state index contributed by atoms with van der Waals surface area (Å²) in [5.74, 6) is -0.274. The lowest BCUT2D eigenvalue weighted by molar-refractivity contribution is 0.100. The standard InChI is InChI=1S/C14H10N2O2S/c15-13(18)9-3-1-2-4-10(9)14-16-11-6-5-8(17)7-12(11)19-14/h1-7,17H,(H2,15,18). The highest BCUT2D eigenvalue weighted by molar-refractivity contribution is 7.21. The van der Waals surface area contributed by atoms with E-state index in [0.29, 0.717) is 5.56 Å². The van der Waals surface area contributed by atoms with Gasteiger partial charge in [0.05, 0.1) is 10.2 Å². The highest BCUT2D eigenvalue weighted by Crippen LogP contribution is 2.33. The van der Waals surface area contributed by atoms with Crippen LogP contribution >= 0.6 is 11.3 Å². The van der Waals surface area contributed by atoms with E-state index in [1.807, 2.05) is 12.1 Å². The maximum absolute atomic E-state index is 11.4. The number of phenols is 1. The number of aromatic nitrogens is 1. The van der Waals surface area contributed by atoms with Crippen molar-refractivity contribution >= 4 is 27.5 Å². The first-order chi connectivity index (χ1) is 9.15. The number of fused-ring (bicyclic) bond motifs is 1. The van der Waals surface area contributed by atoms with E-state index >= 15 is 0 Å². The number of hydrogen-bond donors (Lipinski definition) is 2. The highest BCUT2D eigenvalue weighted by Gasteiger charge is 2.13. The minimum absolute atomic E-state index is 0.200. The number of nitrogens with zero attached hydrogens (tertiary/aromatic N) is 1. The molecular weight excluding hydrogens is 260 g/mol. The summed E-state index contributed by atoms with van der Waals surface area (Å²) in [5, 5.41) is 10.2. The van der Waals surface area contributed by atoms with E-state index in [1.54, 1.807) is 30.3 Å². The lowest BCUT2D eigenvalue weighted by Gasteiger charge is -2.01. The van der Waals surface area contributed by atoms with Crippen molar-refractivity contribution < 1.29 is 9.90 Å². The van der Waals surface area contributed by atoms with E-state index in [4.69, 9.17) is 5.73 Å². The second kappa shape index (κ2) is 4.37. The summed E-state index contributed by atoms with van der Waals surface area (Å²) in [7, 11) is 0. The van der Waals surface area contributed by atoms with Crippen LogP contribution in [0, 0.1) is 0 Å². The summed E-state index contributed by atoms with van der Waals surface area (Å²) in [6, 6.07) is 12.1. The van der Waals surface area contributed by atoms with Gasteiger partial charge in [-0.1, -0.05) is 18.2 Å². The molecule has 19 heavy (non-hydrogen) atoms. The number of nitrogens with two attached hydrogens (primary N) is 1. The number of aromatic hydroxyl groups is 1. The van der Waals surface area contributed by atoms with Gasteiger partial charge < -0.3 is 10.8 Å². The van der Waals surface area contributed by atoms with Crippen molar-refractivity contribution in [2.24, 2.45) is 5.73 Å². The Labute approximate surface area is 113 Å². The molecule has 0 fully saturated rings. The van der Waals surface area contributed by atoms with E-state index in [-0.39, 0.29) is 5.75 Å². The molecule has 0 saturated heterocycles. The molecule has 1 aromatic heterocycles. The molecule has 0 bridgehead atoms. The van der Waals surface area contributed by atoms with Crippen LogP contribution < -0.4 is 5.73 Å².